The molecule has 1 aromatic carbocycles. The zero-order chi connectivity index (χ0) is 19.2. The molecule has 0 aromatic heterocycles. The molecular weight excluding hydrogens is 348 g/mol. The first-order valence-electron chi connectivity index (χ1n) is 9.50. The minimum atomic E-state index is -0.501. The molecule has 0 saturated heterocycles. The maximum absolute atomic E-state index is 12.1. The summed E-state index contributed by atoms with van der Waals surface area (Å²) < 4.78 is 10.4. The first-order valence-corrected chi connectivity index (χ1v) is 9.50. The molecule has 0 spiro atoms. The monoisotopic (exact) mass is 374 g/mol. The molecule has 7 nitrogen and oxygen atoms in total. The quantitative estimate of drug-likeness (QED) is 0.770. The highest BCUT2D eigenvalue weighted by atomic mass is 16.5. The van der Waals surface area contributed by atoms with Gasteiger partial charge in [0.05, 0.1) is 12.1 Å². The van der Waals surface area contributed by atoms with E-state index in [1.807, 2.05) is 12.1 Å². The molecule has 1 aliphatic heterocycles. The van der Waals surface area contributed by atoms with Gasteiger partial charge in [-0.3, -0.25) is 14.4 Å². The summed E-state index contributed by atoms with van der Waals surface area (Å²) in [6.45, 7) is 2.09. The van der Waals surface area contributed by atoms with Crippen LogP contribution in [0.2, 0.25) is 0 Å². The van der Waals surface area contributed by atoms with E-state index in [0.717, 1.165) is 25.7 Å². The number of carbonyl (C=O) groups is 3. The molecule has 0 radical (unpaired) electrons. The third-order valence-corrected chi connectivity index (χ3v) is 5.09. The maximum Gasteiger partial charge on any atom is 0.308 e. The summed E-state index contributed by atoms with van der Waals surface area (Å²) in [5.74, 6) is 0.358. The second kappa shape index (κ2) is 8.88. The lowest BCUT2D eigenvalue weighted by atomic mass is 9.87. The van der Waals surface area contributed by atoms with Crippen LogP contribution in [0.15, 0.2) is 24.3 Å². The summed E-state index contributed by atoms with van der Waals surface area (Å²) in [6.07, 6.45) is 4.19. The predicted octanol–water partition coefficient (Wildman–Crippen LogP) is 2.04. The molecule has 2 amide bonds. The fraction of sp³-hybridized carbons (Fsp3) is 0.550. The Bertz CT molecular complexity index is 697. The number of para-hydroxylation sites is 2. The molecule has 1 heterocycles. The van der Waals surface area contributed by atoms with Crippen molar-refractivity contribution < 1.29 is 23.9 Å². The van der Waals surface area contributed by atoms with Crippen LogP contribution in [0.1, 0.15) is 39.0 Å². The van der Waals surface area contributed by atoms with Crippen molar-refractivity contribution in [3.05, 3.63) is 24.3 Å². The van der Waals surface area contributed by atoms with Crippen molar-refractivity contribution in [3.8, 4) is 5.75 Å². The van der Waals surface area contributed by atoms with Crippen LogP contribution in [-0.2, 0) is 19.1 Å². The lowest BCUT2D eigenvalue weighted by Gasteiger charge is -2.29. The normalized spacial score (nSPS) is 21.8. The van der Waals surface area contributed by atoms with Crippen LogP contribution in [0.3, 0.4) is 0 Å². The van der Waals surface area contributed by atoms with Crippen LogP contribution in [0.5, 0.6) is 5.75 Å². The van der Waals surface area contributed by atoms with E-state index >= 15 is 0 Å². The topological polar surface area (TPSA) is 84.9 Å². The molecular formula is C20H26N2O5. The average Bonchev–Trinajstić information content (AvgIpc) is 2.67. The lowest BCUT2D eigenvalue weighted by molar-refractivity contribution is -0.148. The van der Waals surface area contributed by atoms with E-state index in [2.05, 4.69) is 12.2 Å². The van der Waals surface area contributed by atoms with Gasteiger partial charge in [0.15, 0.2) is 13.2 Å². The molecule has 1 aliphatic carbocycles. The molecule has 0 unspecified atom stereocenters. The van der Waals surface area contributed by atoms with Gasteiger partial charge in [-0.05, 0) is 43.7 Å². The number of nitrogens with one attached hydrogen (secondary N) is 1. The number of benzene rings is 1. The third-order valence-electron chi connectivity index (χ3n) is 5.09. The van der Waals surface area contributed by atoms with Crippen molar-refractivity contribution in [2.75, 3.05) is 24.7 Å². The smallest absolute Gasteiger partial charge is 0.308 e. The van der Waals surface area contributed by atoms with E-state index < -0.39 is 5.97 Å². The zero-order valence-corrected chi connectivity index (χ0v) is 15.6. The fourth-order valence-electron chi connectivity index (χ4n) is 3.49. The average molecular weight is 374 g/mol. The number of carbonyl (C=O) groups excluding carboxylic acids is 3. The summed E-state index contributed by atoms with van der Waals surface area (Å²) >= 11 is 0. The van der Waals surface area contributed by atoms with E-state index in [0.29, 0.717) is 17.4 Å². The second-order valence-corrected chi connectivity index (χ2v) is 7.24. The van der Waals surface area contributed by atoms with Gasteiger partial charge in [0.25, 0.3) is 11.8 Å². The molecule has 1 fully saturated rings. The van der Waals surface area contributed by atoms with Gasteiger partial charge in [-0.2, -0.15) is 0 Å². The molecule has 0 bridgehead atoms. The third kappa shape index (κ3) is 5.21. The Kier molecular flexibility index (Phi) is 6.32. The van der Waals surface area contributed by atoms with E-state index in [1.54, 1.807) is 12.1 Å². The molecule has 146 valence electrons. The summed E-state index contributed by atoms with van der Waals surface area (Å²) in [5.41, 5.74) is 0.644. The SMILES string of the molecule is CC1CCC(NC(=O)COC(=O)CCN2C(=O)COc3ccccc32)CC1. The van der Waals surface area contributed by atoms with Gasteiger partial charge < -0.3 is 19.7 Å². The lowest BCUT2D eigenvalue weighted by Crippen LogP contribution is -2.41. The molecule has 27 heavy (non-hydrogen) atoms. The largest absolute Gasteiger partial charge is 0.482 e. The van der Waals surface area contributed by atoms with Crippen molar-refractivity contribution in [1.82, 2.24) is 5.32 Å². The second-order valence-electron chi connectivity index (χ2n) is 7.24. The van der Waals surface area contributed by atoms with Gasteiger partial charge in [-0.1, -0.05) is 19.1 Å². The summed E-state index contributed by atoms with van der Waals surface area (Å²) in [4.78, 5) is 37.5. The number of rotatable bonds is 6. The Balaban J connectivity index is 1.41. The number of nitrogens with zero attached hydrogens (tertiary/aromatic N) is 1. The highest BCUT2D eigenvalue weighted by Crippen LogP contribution is 2.31. The first-order chi connectivity index (χ1) is 13.0. The number of anilines is 1. The van der Waals surface area contributed by atoms with Gasteiger partial charge in [-0.15, -0.1) is 0 Å². The van der Waals surface area contributed by atoms with E-state index in [1.165, 1.54) is 4.90 Å². The van der Waals surface area contributed by atoms with Crippen LogP contribution in [0.4, 0.5) is 5.69 Å². The fourth-order valence-corrected chi connectivity index (χ4v) is 3.49. The van der Waals surface area contributed by atoms with Crippen molar-refractivity contribution in [1.29, 1.82) is 0 Å². The van der Waals surface area contributed by atoms with E-state index in [9.17, 15) is 14.4 Å². The van der Waals surface area contributed by atoms with Gasteiger partial charge in [-0.25, -0.2) is 0 Å². The Morgan fingerprint density at radius 1 is 1.22 bits per heavy atom. The van der Waals surface area contributed by atoms with Crippen LogP contribution in [0.25, 0.3) is 0 Å². The summed E-state index contributed by atoms with van der Waals surface area (Å²) in [6, 6.07) is 7.37. The Labute approximate surface area is 159 Å². The molecule has 1 saturated carbocycles. The van der Waals surface area contributed by atoms with Crippen LogP contribution in [0, 0.1) is 5.92 Å². The highest BCUT2D eigenvalue weighted by molar-refractivity contribution is 5.98. The number of hydrogen-bond acceptors (Lipinski definition) is 5. The van der Waals surface area contributed by atoms with Crippen molar-refractivity contribution in [3.63, 3.8) is 0 Å². The van der Waals surface area contributed by atoms with Gasteiger partial charge in [0.2, 0.25) is 0 Å². The number of fused-ring (bicyclic) bond motifs is 1. The Morgan fingerprint density at radius 2 is 1.96 bits per heavy atom. The molecule has 1 N–H and O–H groups in total. The van der Waals surface area contributed by atoms with Gasteiger partial charge >= 0.3 is 5.97 Å². The number of hydrogen-bond donors (Lipinski definition) is 1. The van der Waals surface area contributed by atoms with Gasteiger partial charge in [0, 0.05) is 12.6 Å². The van der Waals surface area contributed by atoms with Crippen molar-refractivity contribution >= 4 is 23.5 Å². The molecule has 3 rings (SSSR count). The number of amides is 2. The molecule has 2 aliphatic rings. The zero-order valence-electron chi connectivity index (χ0n) is 15.6. The predicted molar refractivity (Wildman–Crippen MR) is 99.4 cm³/mol. The first kappa shape index (κ1) is 19.2. The summed E-state index contributed by atoms with van der Waals surface area (Å²) in [7, 11) is 0. The highest BCUT2D eigenvalue weighted by Gasteiger charge is 2.26. The molecule has 1 aromatic rings. The minimum Gasteiger partial charge on any atom is -0.482 e. The van der Waals surface area contributed by atoms with E-state index in [-0.39, 0.29) is 44.0 Å². The number of esters is 1. The Hall–Kier alpha value is -2.57. The standard InChI is InChI=1S/C20H26N2O5/c1-14-6-8-15(9-7-14)21-18(23)12-27-20(25)10-11-22-16-4-2-3-5-17(16)26-13-19(22)24/h2-5,14-15H,6-13H2,1H3,(H,21,23). The molecule has 7 heteroatoms. The van der Waals surface area contributed by atoms with Crippen molar-refractivity contribution in [2.45, 2.75) is 45.1 Å². The summed E-state index contributed by atoms with van der Waals surface area (Å²) in [5, 5.41) is 2.92. The van der Waals surface area contributed by atoms with Gasteiger partial charge in [0.1, 0.15) is 5.75 Å². The van der Waals surface area contributed by atoms with Crippen LogP contribution >= 0.6 is 0 Å². The minimum absolute atomic E-state index is 0.0221. The van der Waals surface area contributed by atoms with Crippen LogP contribution in [-0.4, -0.2) is 43.6 Å². The Morgan fingerprint density at radius 3 is 2.74 bits per heavy atom. The van der Waals surface area contributed by atoms with Crippen LogP contribution < -0.4 is 15.0 Å². The number of ether oxygens (including phenoxy) is 2. The maximum atomic E-state index is 12.1. The molecule has 0 atom stereocenters. The van der Waals surface area contributed by atoms with Crippen molar-refractivity contribution in [2.24, 2.45) is 5.92 Å². The van der Waals surface area contributed by atoms with E-state index in [4.69, 9.17) is 9.47 Å².